The molecular weight excluding hydrogens is 300 g/mol. The number of nitrogens with zero attached hydrogens (tertiary/aromatic N) is 5. The number of halogens is 1. The quantitative estimate of drug-likeness (QED) is 0.486. The molecule has 0 bridgehead atoms. The van der Waals surface area contributed by atoms with E-state index in [1.807, 2.05) is 0 Å². The molecule has 2 aromatic heterocycles. The van der Waals surface area contributed by atoms with Crippen molar-refractivity contribution in [2.24, 2.45) is 7.05 Å². The SMILES string of the molecule is Cn1ncc([N+](=O)[O-])c1C(=O)NCCCn1cc(Cl)cn1. The molecule has 21 heavy (non-hydrogen) atoms. The van der Waals surface area contributed by atoms with Crippen LogP contribution < -0.4 is 5.32 Å². The van der Waals surface area contributed by atoms with Gasteiger partial charge in [-0.05, 0) is 6.42 Å². The summed E-state index contributed by atoms with van der Waals surface area (Å²) in [7, 11) is 1.48. The van der Waals surface area contributed by atoms with E-state index in [0.717, 1.165) is 6.20 Å². The summed E-state index contributed by atoms with van der Waals surface area (Å²) in [5.74, 6) is -0.528. The van der Waals surface area contributed by atoms with Crippen LogP contribution in [0, 0.1) is 10.1 Å². The number of rotatable bonds is 6. The third kappa shape index (κ3) is 3.57. The Labute approximate surface area is 124 Å². The summed E-state index contributed by atoms with van der Waals surface area (Å²) < 4.78 is 2.84. The van der Waals surface area contributed by atoms with Gasteiger partial charge in [0.1, 0.15) is 6.20 Å². The third-order valence-electron chi connectivity index (χ3n) is 2.78. The Kier molecular flexibility index (Phi) is 4.53. The van der Waals surface area contributed by atoms with Gasteiger partial charge in [-0.2, -0.15) is 10.2 Å². The van der Waals surface area contributed by atoms with Gasteiger partial charge in [0.15, 0.2) is 0 Å². The fourth-order valence-electron chi connectivity index (χ4n) is 1.81. The van der Waals surface area contributed by atoms with Gasteiger partial charge < -0.3 is 5.32 Å². The summed E-state index contributed by atoms with van der Waals surface area (Å²) in [5, 5.41) is 21.7. The maximum Gasteiger partial charge on any atom is 0.320 e. The van der Waals surface area contributed by atoms with E-state index in [1.165, 1.54) is 17.9 Å². The Morgan fingerprint density at radius 2 is 2.24 bits per heavy atom. The van der Waals surface area contributed by atoms with Gasteiger partial charge >= 0.3 is 5.69 Å². The average molecular weight is 313 g/mol. The van der Waals surface area contributed by atoms with Crippen LogP contribution >= 0.6 is 11.6 Å². The van der Waals surface area contributed by atoms with Crippen molar-refractivity contribution in [2.45, 2.75) is 13.0 Å². The van der Waals surface area contributed by atoms with E-state index in [4.69, 9.17) is 11.6 Å². The lowest BCUT2D eigenvalue weighted by Gasteiger charge is -2.05. The largest absolute Gasteiger partial charge is 0.350 e. The van der Waals surface area contributed by atoms with Crippen LogP contribution in [0.25, 0.3) is 0 Å². The highest BCUT2D eigenvalue weighted by atomic mass is 35.5. The van der Waals surface area contributed by atoms with E-state index in [1.54, 1.807) is 10.9 Å². The van der Waals surface area contributed by atoms with Crippen LogP contribution in [0.15, 0.2) is 18.6 Å². The van der Waals surface area contributed by atoms with E-state index >= 15 is 0 Å². The first kappa shape index (κ1) is 15.0. The van der Waals surface area contributed by atoms with Crippen molar-refractivity contribution in [3.8, 4) is 0 Å². The molecule has 2 heterocycles. The number of carbonyl (C=O) groups is 1. The minimum Gasteiger partial charge on any atom is -0.350 e. The van der Waals surface area contributed by atoms with Gasteiger partial charge in [-0.25, -0.2) is 0 Å². The highest BCUT2D eigenvalue weighted by molar-refractivity contribution is 6.30. The molecule has 112 valence electrons. The monoisotopic (exact) mass is 312 g/mol. The Morgan fingerprint density at radius 3 is 2.86 bits per heavy atom. The molecular formula is C11H13ClN6O3. The Bertz CT molecular complexity index is 665. The fraction of sp³-hybridized carbons (Fsp3) is 0.364. The van der Waals surface area contributed by atoms with Crippen LogP contribution in [0.2, 0.25) is 5.02 Å². The third-order valence-corrected chi connectivity index (χ3v) is 2.98. The summed E-state index contributed by atoms with van der Waals surface area (Å²) in [6, 6.07) is 0. The smallest absolute Gasteiger partial charge is 0.320 e. The van der Waals surface area contributed by atoms with Gasteiger partial charge in [-0.1, -0.05) is 11.6 Å². The summed E-state index contributed by atoms with van der Waals surface area (Å²) in [6.07, 6.45) is 4.88. The molecule has 0 aliphatic carbocycles. The second kappa shape index (κ2) is 6.35. The number of nitrogens with one attached hydrogen (secondary N) is 1. The molecule has 0 aliphatic heterocycles. The molecule has 0 atom stereocenters. The van der Waals surface area contributed by atoms with E-state index in [9.17, 15) is 14.9 Å². The highest BCUT2D eigenvalue weighted by Crippen LogP contribution is 2.16. The molecule has 0 spiro atoms. The van der Waals surface area contributed by atoms with Crippen LogP contribution in [0.4, 0.5) is 5.69 Å². The second-order valence-electron chi connectivity index (χ2n) is 4.29. The molecule has 0 saturated heterocycles. The Balaban J connectivity index is 1.87. The van der Waals surface area contributed by atoms with Crippen LogP contribution in [0.3, 0.4) is 0 Å². The van der Waals surface area contributed by atoms with Gasteiger partial charge in [0.25, 0.3) is 5.91 Å². The maximum absolute atomic E-state index is 11.9. The molecule has 0 radical (unpaired) electrons. The molecule has 0 unspecified atom stereocenters. The molecule has 0 aromatic carbocycles. The highest BCUT2D eigenvalue weighted by Gasteiger charge is 2.24. The van der Waals surface area contributed by atoms with Crippen molar-refractivity contribution in [1.82, 2.24) is 24.9 Å². The number of amides is 1. The second-order valence-corrected chi connectivity index (χ2v) is 4.73. The molecule has 1 amide bonds. The first-order chi connectivity index (χ1) is 9.99. The van der Waals surface area contributed by atoms with E-state index in [2.05, 4.69) is 15.5 Å². The van der Waals surface area contributed by atoms with Crippen molar-refractivity contribution in [2.75, 3.05) is 6.54 Å². The predicted octanol–water partition coefficient (Wildman–Crippen LogP) is 0.998. The van der Waals surface area contributed by atoms with Gasteiger partial charge in [0.05, 0.1) is 16.1 Å². The van der Waals surface area contributed by atoms with Crippen molar-refractivity contribution in [3.63, 3.8) is 0 Å². The van der Waals surface area contributed by atoms with E-state index in [0.29, 0.717) is 24.5 Å². The summed E-state index contributed by atoms with van der Waals surface area (Å²) in [4.78, 5) is 22.1. The topological polar surface area (TPSA) is 108 Å². The zero-order valence-corrected chi connectivity index (χ0v) is 11.9. The van der Waals surface area contributed by atoms with Crippen LogP contribution in [0.5, 0.6) is 0 Å². The number of nitro groups is 1. The molecule has 10 heteroatoms. The van der Waals surface area contributed by atoms with Gasteiger partial charge in [0, 0.05) is 26.3 Å². The Hall–Kier alpha value is -2.42. The predicted molar refractivity (Wildman–Crippen MR) is 74.0 cm³/mol. The minimum absolute atomic E-state index is 0.0675. The molecule has 2 rings (SSSR count). The molecule has 0 aliphatic rings. The summed E-state index contributed by atoms with van der Waals surface area (Å²) >= 11 is 5.73. The van der Waals surface area contributed by atoms with Crippen molar-refractivity contribution in [1.29, 1.82) is 0 Å². The number of hydrogen-bond acceptors (Lipinski definition) is 5. The molecule has 0 fully saturated rings. The number of carbonyl (C=O) groups excluding carboxylic acids is 1. The van der Waals surface area contributed by atoms with Crippen LogP contribution in [-0.2, 0) is 13.6 Å². The average Bonchev–Trinajstić information content (AvgIpc) is 3.00. The molecule has 1 N–H and O–H groups in total. The zero-order chi connectivity index (χ0) is 15.4. The lowest BCUT2D eigenvalue weighted by molar-refractivity contribution is -0.385. The van der Waals surface area contributed by atoms with Crippen LogP contribution in [-0.4, -0.2) is 36.9 Å². The standard InChI is InChI=1S/C11H13ClN6O3/c1-16-10(9(6-14-16)18(20)21)11(19)13-3-2-4-17-7-8(12)5-15-17/h5-7H,2-4H2,1H3,(H,13,19). The molecule has 0 saturated carbocycles. The normalized spacial score (nSPS) is 10.6. The number of aryl methyl sites for hydroxylation is 2. The number of aromatic nitrogens is 4. The van der Waals surface area contributed by atoms with Crippen LogP contribution in [0.1, 0.15) is 16.9 Å². The van der Waals surface area contributed by atoms with Crippen molar-refractivity contribution >= 4 is 23.2 Å². The number of hydrogen-bond donors (Lipinski definition) is 1. The molecule has 9 nitrogen and oxygen atoms in total. The zero-order valence-electron chi connectivity index (χ0n) is 11.2. The summed E-state index contributed by atoms with van der Waals surface area (Å²) in [6.45, 7) is 0.944. The van der Waals surface area contributed by atoms with E-state index < -0.39 is 10.8 Å². The van der Waals surface area contributed by atoms with Crippen molar-refractivity contribution < 1.29 is 9.72 Å². The van der Waals surface area contributed by atoms with Gasteiger partial charge in [-0.15, -0.1) is 0 Å². The lowest BCUT2D eigenvalue weighted by atomic mass is 10.3. The van der Waals surface area contributed by atoms with Gasteiger partial charge in [0.2, 0.25) is 5.69 Å². The minimum atomic E-state index is -0.631. The van der Waals surface area contributed by atoms with Gasteiger partial charge in [-0.3, -0.25) is 24.3 Å². The first-order valence-electron chi connectivity index (χ1n) is 6.11. The van der Waals surface area contributed by atoms with Crippen molar-refractivity contribution in [3.05, 3.63) is 39.4 Å². The molecule has 2 aromatic rings. The first-order valence-corrected chi connectivity index (χ1v) is 6.49. The fourth-order valence-corrected chi connectivity index (χ4v) is 1.97. The maximum atomic E-state index is 11.9. The Morgan fingerprint density at radius 1 is 1.48 bits per heavy atom. The lowest BCUT2D eigenvalue weighted by Crippen LogP contribution is -2.28. The summed E-state index contributed by atoms with van der Waals surface area (Å²) in [5.41, 5.74) is -0.379. The van der Waals surface area contributed by atoms with E-state index in [-0.39, 0.29) is 11.4 Å².